The monoisotopic (exact) mass is 341 g/mol. The van der Waals surface area contributed by atoms with E-state index in [9.17, 15) is 4.79 Å². The summed E-state index contributed by atoms with van der Waals surface area (Å²) in [5, 5.41) is 4.20. The standard InChI is InChI=1S/C15H20BrNOS/c1-19-14-9-5-3-7-12(14)15(18)17-13-8-4-2-6-11(13)10-16/h3,5,7,9,11,13H,2,4,6,8,10H2,1H3,(H,17,18). The van der Waals surface area contributed by atoms with E-state index in [2.05, 4.69) is 21.2 Å². The first-order valence-electron chi connectivity index (χ1n) is 6.76. The number of alkyl halides is 1. The fraction of sp³-hybridized carbons (Fsp3) is 0.533. The molecule has 0 spiro atoms. The lowest BCUT2D eigenvalue weighted by Gasteiger charge is -2.31. The number of carbonyl (C=O) groups excluding carboxylic acids is 1. The van der Waals surface area contributed by atoms with E-state index in [0.29, 0.717) is 12.0 Å². The Labute approximate surface area is 127 Å². The zero-order valence-corrected chi connectivity index (χ0v) is 13.6. The first-order chi connectivity index (χ1) is 9.26. The van der Waals surface area contributed by atoms with Crippen LogP contribution in [0.25, 0.3) is 0 Å². The van der Waals surface area contributed by atoms with Crippen LogP contribution in [0.4, 0.5) is 0 Å². The van der Waals surface area contributed by atoms with Crippen LogP contribution in [0.1, 0.15) is 36.0 Å². The van der Waals surface area contributed by atoms with Gasteiger partial charge in [-0.1, -0.05) is 40.9 Å². The predicted octanol–water partition coefficient (Wildman–Crippen LogP) is 4.09. The van der Waals surface area contributed by atoms with Crippen molar-refractivity contribution in [3.63, 3.8) is 0 Å². The number of carbonyl (C=O) groups is 1. The number of amides is 1. The van der Waals surface area contributed by atoms with Gasteiger partial charge in [-0.2, -0.15) is 0 Å². The van der Waals surface area contributed by atoms with E-state index in [1.54, 1.807) is 11.8 Å². The topological polar surface area (TPSA) is 29.1 Å². The van der Waals surface area contributed by atoms with Gasteiger partial charge in [-0.25, -0.2) is 0 Å². The second kappa shape index (κ2) is 7.34. The van der Waals surface area contributed by atoms with E-state index in [0.717, 1.165) is 22.2 Å². The first-order valence-corrected chi connectivity index (χ1v) is 9.10. The lowest BCUT2D eigenvalue weighted by atomic mass is 9.86. The number of nitrogens with one attached hydrogen (secondary N) is 1. The molecule has 0 radical (unpaired) electrons. The third-order valence-corrected chi connectivity index (χ3v) is 5.40. The molecular weight excluding hydrogens is 322 g/mol. The SMILES string of the molecule is CSc1ccccc1C(=O)NC1CCCCC1CBr. The molecule has 1 aliphatic rings. The Morgan fingerprint density at radius 2 is 2.11 bits per heavy atom. The molecule has 0 aliphatic heterocycles. The molecule has 0 bridgehead atoms. The van der Waals surface area contributed by atoms with Gasteiger partial charge in [0.05, 0.1) is 5.56 Å². The molecular formula is C15H20BrNOS. The van der Waals surface area contributed by atoms with E-state index < -0.39 is 0 Å². The molecule has 0 aromatic heterocycles. The smallest absolute Gasteiger partial charge is 0.252 e. The van der Waals surface area contributed by atoms with Crippen molar-refractivity contribution in [2.24, 2.45) is 5.92 Å². The summed E-state index contributed by atoms with van der Waals surface area (Å²) in [7, 11) is 0. The van der Waals surface area contributed by atoms with E-state index in [4.69, 9.17) is 0 Å². The minimum atomic E-state index is 0.0720. The molecule has 2 atom stereocenters. The third-order valence-electron chi connectivity index (χ3n) is 3.78. The molecule has 0 heterocycles. The summed E-state index contributed by atoms with van der Waals surface area (Å²) < 4.78 is 0. The van der Waals surface area contributed by atoms with E-state index >= 15 is 0 Å². The zero-order valence-electron chi connectivity index (χ0n) is 11.2. The van der Waals surface area contributed by atoms with Crippen LogP contribution in [0.3, 0.4) is 0 Å². The maximum atomic E-state index is 12.4. The van der Waals surface area contributed by atoms with Gasteiger partial charge in [0.15, 0.2) is 0 Å². The van der Waals surface area contributed by atoms with Crippen LogP contribution in [0.2, 0.25) is 0 Å². The highest BCUT2D eigenvalue weighted by atomic mass is 79.9. The summed E-state index contributed by atoms with van der Waals surface area (Å²) in [6.45, 7) is 0. The Balaban J connectivity index is 2.07. The molecule has 1 aromatic carbocycles. The molecule has 2 unspecified atom stereocenters. The molecule has 2 rings (SSSR count). The summed E-state index contributed by atoms with van der Waals surface area (Å²) in [5.74, 6) is 0.641. The van der Waals surface area contributed by atoms with E-state index in [1.165, 1.54) is 19.3 Å². The largest absolute Gasteiger partial charge is 0.349 e. The normalized spacial score (nSPS) is 23.1. The Hall–Kier alpha value is -0.480. The van der Waals surface area contributed by atoms with Gasteiger partial charge >= 0.3 is 0 Å². The van der Waals surface area contributed by atoms with Crippen molar-refractivity contribution >= 4 is 33.6 Å². The average molecular weight is 342 g/mol. The molecule has 1 fully saturated rings. The third kappa shape index (κ3) is 3.76. The molecule has 104 valence electrons. The average Bonchev–Trinajstić information content (AvgIpc) is 2.47. The van der Waals surface area contributed by atoms with Gasteiger partial charge in [-0.15, -0.1) is 11.8 Å². The second-order valence-electron chi connectivity index (χ2n) is 4.98. The Morgan fingerprint density at radius 1 is 1.37 bits per heavy atom. The van der Waals surface area contributed by atoms with Crippen LogP contribution >= 0.6 is 27.7 Å². The molecule has 4 heteroatoms. The highest BCUT2D eigenvalue weighted by Crippen LogP contribution is 2.27. The van der Waals surface area contributed by atoms with Crippen LogP contribution in [-0.4, -0.2) is 23.5 Å². The molecule has 1 N–H and O–H groups in total. The highest BCUT2D eigenvalue weighted by molar-refractivity contribution is 9.09. The number of hydrogen-bond acceptors (Lipinski definition) is 2. The lowest BCUT2D eigenvalue weighted by molar-refractivity contribution is 0.0908. The summed E-state index contributed by atoms with van der Waals surface area (Å²) >= 11 is 5.19. The van der Waals surface area contributed by atoms with Gasteiger partial charge in [-0.05, 0) is 37.1 Å². The Morgan fingerprint density at radius 3 is 2.84 bits per heavy atom. The van der Waals surface area contributed by atoms with Gasteiger partial charge in [0.2, 0.25) is 0 Å². The van der Waals surface area contributed by atoms with Gasteiger partial charge < -0.3 is 5.32 Å². The minimum Gasteiger partial charge on any atom is -0.349 e. The minimum absolute atomic E-state index is 0.0720. The zero-order chi connectivity index (χ0) is 13.7. The Bertz CT molecular complexity index is 438. The fourth-order valence-electron chi connectivity index (χ4n) is 2.66. The second-order valence-corrected chi connectivity index (χ2v) is 6.47. The number of hydrogen-bond donors (Lipinski definition) is 1. The van der Waals surface area contributed by atoms with Crippen LogP contribution in [0, 0.1) is 5.92 Å². The van der Waals surface area contributed by atoms with Gasteiger partial charge in [0.1, 0.15) is 0 Å². The maximum Gasteiger partial charge on any atom is 0.252 e. The van der Waals surface area contributed by atoms with Crippen molar-refractivity contribution in [1.82, 2.24) is 5.32 Å². The van der Waals surface area contributed by atoms with Crippen molar-refractivity contribution in [3.05, 3.63) is 29.8 Å². The fourth-order valence-corrected chi connectivity index (χ4v) is 4.03. The summed E-state index contributed by atoms with van der Waals surface area (Å²) in [6, 6.07) is 8.13. The lowest BCUT2D eigenvalue weighted by Crippen LogP contribution is -2.42. The Kier molecular flexibility index (Phi) is 5.76. The van der Waals surface area contributed by atoms with Gasteiger partial charge in [0, 0.05) is 16.3 Å². The molecule has 0 saturated heterocycles. The summed E-state index contributed by atoms with van der Waals surface area (Å²) in [5.41, 5.74) is 0.800. The van der Waals surface area contributed by atoms with Crippen molar-refractivity contribution in [2.45, 2.75) is 36.6 Å². The van der Waals surface area contributed by atoms with E-state index in [-0.39, 0.29) is 5.91 Å². The van der Waals surface area contributed by atoms with Crippen LogP contribution in [0.5, 0.6) is 0 Å². The van der Waals surface area contributed by atoms with Crippen molar-refractivity contribution < 1.29 is 4.79 Å². The van der Waals surface area contributed by atoms with Crippen LogP contribution in [0.15, 0.2) is 29.2 Å². The van der Waals surface area contributed by atoms with E-state index in [1.807, 2.05) is 30.5 Å². The van der Waals surface area contributed by atoms with Gasteiger partial charge in [0.25, 0.3) is 5.91 Å². The maximum absolute atomic E-state index is 12.4. The van der Waals surface area contributed by atoms with Crippen LogP contribution < -0.4 is 5.32 Å². The highest BCUT2D eigenvalue weighted by Gasteiger charge is 2.26. The summed E-state index contributed by atoms with van der Waals surface area (Å²) in [4.78, 5) is 13.5. The molecule has 1 amide bonds. The number of thioether (sulfide) groups is 1. The van der Waals surface area contributed by atoms with Crippen LogP contribution in [-0.2, 0) is 0 Å². The predicted molar refractivity (Wildman–Crippen MR) is 85.2 cm³/mol. The molecule has 2 nitrogen and oxygen atoms in total. The number of benzene rings is 1. The molecule has 1 aromatic rings. The number of rotatable bonds is 4. The molecule has 19 heavy (non-hydrogen) atoms. The van der Waals surface area contributed by atoms with Crippen molar-refractivity contribution in [2.75, 3.05) is 11.6 Å². The first kappa shape index (κ1) is 14.9. The number of halogens is 1. The van der Waals surface area contributed by atoms with Gasteiger partial charge in [-0.3, -0.25) is 4.79 Å². The quantitative estimate of drug-likeness (QED) is 0.660. The molecule has 1 saturated carbocycles. The summed E-state index contributed by atoms with van der Waals surface area (Å²) in [6.07, 6.45) is 6.82. The van der Waals surface area contributed by atoms with Crippen molar-refractivity contribution in [3.8, 4) is 0 Å². The van der Waals surface area contributed by atoms with Crippen molar-refractivity contribution in [1.29, 1.82) is 0 Å². The molecule has 1 aliphatic carbocycles.